The van der Waals surface area contributed by atoms with Gasteiger partial charge in [-0.25, -0.2) is 4.98 Å². The number of fused-ring (bicyclic) bond motifs is 1. The van der Waals surface area contributed by atoms with Crippen molar-refractivity contribution in [2.45, 2.75) is 38.4 Å². The molecule has 2 aliphatic heterocycles. The molecule has 0 aliphatic carbocycles. The molecule has 2 aliphatic rings. The molecular formula is C38H43ClN8O5. The Morgan fingerprint density at radius 2 is 1.88 bits per heavy atom. The van der Waals surface area contributed by atoms with Crippen LogP contribution in [0.25, 0.3) is 22.2 Å². The first kappa shape index (κ1) is 36.8. The van der Waals surface area contributed by atoms with E-state index in [4.69, 9.17) is 25.8 Å². The first-order valence-corrected chi connectivity index (χ1v) is 17.5. The number of aromatic nitrogens is 3. The smallest absolute Gasteiger partial charge is 0.266 e. The highest BCUT2D eigenvalue weighted by Gasteiger charge is 2.34. The second-order valence-electron chi connectivity index (χ2n) is 13.4. The lowest BCUT2D eigenvalue weighted by Gasteiger charge is -2.46. The van der Waals surface area contributed by atoms with Gasteiger partial charge in [-0.1, -0.05) is 23.7 Å². The zero-order valence-corrected chi connectivity index (χ0v) is 30.8. The number of hydrogen-bond acceptors (Lipinski definition) is 11. The number of pyridine rings is 1. The van der Waals surface area contributed by atoms with E-state index >= 15 is 0 Å². The van der Waals surface area contributed by atoms with Gasteiger partial charge in [0.1, 0.15) is 28.8 Å². The number of nitriles is 1. The molecule has 0 unspecified atom stereocenters. The van der Waals surface area contributed by atoms with E-state index in [1.165, 1.54) is 14.2 Å². The van der Waals surface area contributed by atoms with E-state index < -0.39 is 11.4 Å². The van der Waals surface area contributed by atoms with Crippen LogP contribution in [-0.2, 0) is 22.5 Å². The van der Waals surface area contributed by atoms with Crippen molar-refractivity contribution in [3.63, 3.8) is 0 Å². The van der Waals surface area contributed by atoms with Gasteiger partial charge in [0, 0.05) is 79.8 Å². The molecule has 0 bridgehead atoms. The summed E-state index contributed by atoms with van der Waals surface area (Å²) in [5.74, 6) is 0.752. The molecule has 0 radical (unpaired) electrons. The number of halogens is 1. The van der Waals surface area contributed by atoms with Crippen molar-refractivity contribution < 1.29 is 19.0 Å². The van der Waals surface area contributed by atoms with Crippen molar-refractivity contribution >= 4 is 40.2 Å². The van der Waals surface area contributed by atoms with Gasteiger partial charge in [0.25, 0.3) is 11.5 Å². The molecule has 14 heteroatoms. The Labute approximate surface area is 307 Å². The van der Waals surface area contributed by atoms with Gasteiger partial charge in [-0.3, -0.25) is 24.0 Å². The van der Waals surface area contributed by atoms with Crippen LogP contribution in [0.5, 0.6) is 11.5 Å². The Kier molecular flexibility index (Phi) is 11.1. The molecular weight excluding hydrogens is 684 g/mol. The van der Waals surface area contributed by atoms with Gasteiger partial charge in [-0.2, -0.15) is 10.2 Å². The summed E-state index contributed by atoms with van der Waals surface area (Å²) in [5.41, 5.74) is 1.90. The van der Waals surface area contributed by atoms with Crippen LogP contribution in [0.15, 0.2) is 65.1 Å². The number of rotatable bonds is 12. The lowest BCUT2D eigenvalue weighted by molar-refractivity contribution is -0.112. The monoisotopic (exact) mass is 726 g/mol. The van der Waals surface area contributed by atoms with Crippen LogP contribution in [0.2, 0.25) is 5.02 Å². The van der Waals surface area contributed by atoms with Gasteiger partial charge in [-0.05, 0) is 56.2 Å². The first-order chi connectivity index (χ1) is 25.0. The fourth-order valence-electron chi connectivity index (χ4n) is 6.65. The van der Waals surface area contributed by atoms with Crippen molar-refractivity contribution in [3.8, 4) is 28.7 Å². The number of hydrogen-bond donors (Lipinski definition) is 2. The zero-order valence-electron chi connectivity index (χ0n) is 30.0. The van der Waals surface area contributed by atoms with Crippen molar-refractivity contribution in [1.82, 2.24) is 24.3 Å². The summed E-state index contributed by atoms with van der Waals surface area (Å²) in [7, 11) is 4.74. The molecule has 52 heavy (non-hydrogen) atoms. The van der Waals surface area contributed by atoms with Crippen LogP contribution in [-0.4, -0.2) is 102 Å². The van der Waals surface area contributed by atoms with E-state index in [1.807, 2.05) is 32.0 Å². The number of methoxy groups -OCH3 is 2. The Morgan fingerprint density at radius 1 is 1.12 bits per heavy atom. The molecule has 2 N–H and O–H groups in total. The minimum atomic E-state index is -0.492. The second-order valence-corrected chi connectivity index (χ2v) is 13.7. The molecule has 0 saturated carbocycles. The van der Waals surface area contributed by atoms with Crippen LogP contribution >= 0.6 is 11.6 Å². The normalized spacial score (nSPS) is 15.9. The number of piperazine rings is 1. The SMILES string of the molecule is CNc1ncc2cc(-c3cc(OC)cc(OC)c3Cl)c(=O)n(CCc3cccc(NC(=O)C(C#N)=CC(C)(C)N4CCN(C5COC5)CC4)c3)c2n1. The van der Waals surface area contributed by atoms with E-state index in [-0.39, 0.29) is 22.7 Å². The molecule has 1 amide bonds. The number of benzene rings is 2. The zero-order chi connectivity index (χ0) is 37.0. The minimum Gasteiger partial charge on any atom is -0.497 e. The minimum absolute atomic E-state index is 0.0490. The highest BCUT2D eigenvalue weighted by Crippen LogP contribution is 2.38. The summed E-state index contributed by atoms with van der Waals surface area (Å²) >= 11 is 6.72. The fourth-order valence-corrected chi connectivity index (χ4v) is 6.94. The summed E-state index contributed by atoms with van der Waals surface area (Å²) in [6.45, 7) is 9.42. The lowest BCUT2D eigenvalue weighted by Crippen LogP contribution is -2.59. The molecule has 13 nitrogen and oxygen atoms in total. The van der Waals surface area contributed by atoms with Crippen molar-refractivity contribution in [1.29, 1.82) is 5.26 Å². The van der Waals surface area contributed by atoms with Gasteiger partial charge in [0.2, 0.25) is 5.95 Å². The van der Waals surface area contributed by atoms with Crippen molar-refractivity contribution in [2.75, 3.05) is 71.3 Å². The number of nitrogens with zero attached hydrogens (tertiary/aromatic N) is 6. The Hall–Kier alpha value is -5.00. The largest absolute Gasteiger partial charge is 0.497 e. The number of aryl methyl sites for hydroxylation is 2. The third-order valence-electron chi connectivity index (χ3n) is 9.75. The average molecular weight is 727 g/mol. The predicted molar refractivity (Wildman–Crippen MR) is 201 cm³/mol. The van der Waals surface area contributed by atoms with Crippen LogP contribution in [0.4, 0.5) is 11.6 Å². The van der Waals surface area contributed by atoms with Crippen LogP contribution in [0, 0.1) is 11.3 Å². The van der Waals surface area contributed by atoms with Gasteiger partial charge in [-0.15, -0.1) is 0 Å². The Morgan fingerprint density at radius 3 is 2.54 bits per heavy atom. The van der Waals surface area contributed by atoms with Crippen LogP contribution in [0.1, 0.15) is 19.4 Å². The van der Waals surface area contributed by atoms with E-state index in [2.05, 4.69) is 36.5 Å². The standard InChI is InChI=1S/C38H43ClN8O5/c1-38(2,46-13-11-45(12-14-46)28-22-52-23-28)19-26(20-40)35(48)43-27-8-6-7-24(15-27)9-10-47-34-25(21-42-37(41-3)44-34)16-31(36(47)49)30-17-29(50-4)18-32(51-5)33(30)39/h6-8,15-19,21,28H,9-14,22-23H2,1-5H3,(H,43,48)(H,41,42,44). The van der Waals surface area contributed by atoms with E-state index in [9.17, 15) is 14.9 Å². The summed E-state index contributed by atoms with van der Waals surface area (Å²) in [4.78, 5) is 41.3. The van der Waals surface area contributed by atoms with Crippen molar-refractivity contribution in [2.24, 2.45) is 0 Å². The molecule has 0 spiro atoms. The third kappa shape index (κ3) is 7.75. The third-order valence-corrected chi connectivity index (χ3v) is 10.1. The number of carbonyl (C=O) groups is 1. The number of ether oxygens (including phenoxy) is 3. The molecule has 0 atom stereocenters. The van der Waals surface area contributed by atoms with Crippen LogP contribution < -0.4 is 25.7 Å². The highest BCUT2D eigenvalue weighted by molar-refractivity contribution is 6.35. The molecule has 272 valence electrons. The summed E-state index contributed by atoms with van der Waals surface area (Å²) in [6.07, 6.45) is 3.84. The van der Waals surface area contributed by atoms with E-state index in [0.717, 1.165) is 45.0 Å². The number of carbonyl (C=O) groups excluding carboxylic acids is 1. The molecule has 2 aromatic carbocycles. The Bertz CT molecular complexity index is 2100. The van der Waals surface area contributed by atoms with Gasteiger partial charge >= 0.3 is 0 Å². The van der Waals surface area contributed by atoms with Crippen LogP contribution in [0.3, 0.4) is 0 Å². The maximum Gasteiger partial charge on any atom is 0.266 e. The number of amides is 1. The number of anilines is 2. The van der Waals surface area contributed by atoms with Crippen molar-refractivity contribution in [3.05, 3.63) is 81.3 Å². The fraction of sp³-hybridized carbons (Fsp3) is 0.395. The second kappa shape index (κ2) is 15.7. The van der Waals surface area contributed by atoms with Gasteiger partial charge in [0.15, 0.2) is 0 Å². The maximum absolute atomic E-state index is 14.2. The summed E-state index contributed by atoms with van der Waals surface area (Å²) in [5, 5.41) is 16.8. The topological polar surface area (TPSA) is 147 Å². The molecule has 4 heterocycles. The summed E-state index contributed by atoms with van der Waals surface area (Å²) in [6, 6.07) is 15.0. The molecule has 2 fully saturated rings. The lowest BCUT2D eigenvalue weighted by atomic mass is 9.97. The highest BCUT2D eigenvalue weighted by atomic mass is 35.5. The molecule has 2 aromatic heterocycles. The van der Waals surface area contributed by atoms with Gasteiger partial charge in [0.05, 0.1) is 38.5 Å². The van der Waals surface area contributed by atoms with E-state index in [0.29, 0.717) is 57.8 Å². The molecule has 6 rings (SSSR count). The molecule has 2 saturated heterocycles. The average Bonchev–Trinajstić information content (AvgIpc) is 3.13. The maximum atomic E-state index is 14.2. The Balaban J connectivity index is 1.22. The molecule has 4 aromatic rings. The number of nitrogens with one attached hydrogen (secondary N) is 2. The summed E-state index contributed by atoms with van der Waals surface area (Å²) < 4.78 is 17.9. The van der Waals surface area contributed by atoms with Gasteiger partial charge < -0.3 is 24.8 Å². The quantitative estimate of drug-likeness (QED) is 0.156. The predicted octanol–water partition coefficient (Wildman–Crippen LogP) is 4.60. The van der Waals surface area contributed by atoms with E-state index in [1.54, 1.807) is 48.2 Å². The first-order valence-electron chi connectivity index (χ1n) is 17.2.